The molecule has 1 unspecified atom stereocenters. The van der Waals surface area contributed by atoms with Crippen LogP contribution in [-0.2, 0) is 22.4 Å². The van der Waals surface area contributed by atoms with E-state index in [0.717, 1.165) is 16.7 Å². The van der Waals surface area contributed by atoms with E-state index in [0.29, 0.717) is 26.1 Å². The number of hydrogen-bond acceptors (Lipinski definition) is 4. The normalized spacial score (nSPS) is 16.4. The molecule has 0 saturated carbocycles. The van der Waals surface area contributed by atoms with Crippen molar-refractivity contribution in [3.63, 3.8) is 0 Å². The predicted molar refractivity (Wildman–Crippen MR) is 124 cm³/mol. The van der Waals surface area contributed by atoms with Gasteiger partial charge in [0.25, 0.3) is 0 Å². The standard InChI is InChI=1S/C25H25N3O2S/c1-2-12-27-13-14-28(24(29)17-20-5-3-11-26-18-20)22(25(27)30)16-19-7-9-21(10-8-19)23-6-4-15-31-23/h2-11,15,18,22H,1,12-14,16-17H2. The second-order valence-electron chi connectivity index (χ2n) is 7.59. The van der Waals surface area contributed by atoms with Gasteiger partial charge in [0.1, 0.15) is 6.04 Å². The number of aromatic nitrogens is 1. The van der Waals surface area contributed by atoms with Crippen molar-refractivity contribution < 1.29 is 9.59 Å². The van der Waals surface area contributed by atoms with Crippen molar-refractivity contribution in [2.45, 2.75) is 18.9 Å². The van der Waals surface area contributed by atoms with E-state index in [-0.39, 0.29) is 18.2 Å². The van der Waals surface area contributed by atoms with Crippen molar-refractivity contribution in [3.8, 4) is 10.4 Å². The fourth-order valence-electron chi connectivity index (χ4n) is 3.92. The Morgan fingerprint density at radius 3 is 2.65 bits per heavy atom. The van der Waals surface area contributed by atoms with Gasteiger partial charge in [-0.15, -0.1) is 17.9 Å². The van der Waals surface area contributed by atoms with Crippen molar-refractivity contribution >= 4 is 23.2 Å². The van der Waals surface area contributed by atoms with Crippen molar-refractivity contribution in [3.05, 3.63) is 90.1 Å². The summed E-state index contributed by atoms with van der Waals surface area (Å²) in [5.74, 6) is -0.0622. The minimum absolute atomic E-state index is 0.0204. The third-order valence-corrected chi connectivity index (χ3v) is 6.44. The third kappa shape index (κ3) is 4.91. The van der Waals surface area contributed by atoms with Crippen molar-refractivity contribution in [2.24, 2.45) is 0 Å². The first-order valence-corrected chi connectivity index (χ1v) is 11.2. The van der Waals surface area contributed by atoms with Crippen LogP contribution in [0.15, 0.2) is 79.0 Å². The van der Waals surface area contributed by atoms with Gasteiger partial charge in [-0.05, 0) is 34.2 Å². The molecule has 0 bridgehead atoms. The molecule has 1 aliphatic rings. The van der Waals surface area contributed by atoms with Gasteiger partial charge in [0, 0.05) is 43.3 Å². The van der Waals surface area contributed by atoms with Gasteiger partial charge in [-0.25, -0.2) is 0 Å². The van der Waals surface area contributed by atoms with Crippen LogP contribution >= 0.6 is 11.3 Å². The average Bonchev–Trinajstić information content (AvgIpc) is 3.33. The highest BCUT2D eigenvalue weighted by molar-refractivity contribution is 7.13. The first-order valence-electron chi connectivity index (χ1n) is 10.4. The number of rotatable bonds is 7. The minimum atomic E-state index is -0.509. The summed E-state index contributed by atoms with van der Waals surface area (Å²) in [6, 6.07) is 15.6. The van der Waals surface area contributed by atoms with Crippen LogP contribution in [0.2, 0.25) is 0 Å². The number of benzene rings is 1. The second-order valence-corrected chi connectivity index (χ2v) is 8.54. The molecule has 0 N–H and O–H groups in total. The Balaban J connectivity index is 1.54. The Bertz CT molecular complexity index is 1030. The van der Waals surface area contributed by atoms with Crippen molar-refractivity contribution in [2.75, 3.05) is 19.6 Å². The third-order valence-electron chi connectivity index (χ3n) is 5.52. The highest BCUT2D eigenvalue weighted by Gasteiger charge is 2.36. The molecule has 3 heterocycles. The van der Waals surface area contributed by atoms with Crippen LogP contribution in [-0.4, -0.2) is 52.3 Å². The molecule has 1 fully saturated rings. The number of pyridine rings is 1. The number of thiophene rings is 1. The zero-order valence-corrected chi connectivity index (χ0v) is 18.1. The Kier molecular flexibility index (Phi) is 6.57. The molecule has 1 aromatic carbocycles. The van der Waals surface area contributed by atoms with Crippen LogP contribution in [0.5, 0.6) is 0 Å². The van der Waals surface area contributed by atoms with Crippen LogP contribution in [0.3, 0.4) is 0 Å². The Morgan fingerprint density at radius 1 is 1.13 bits per heavy atom. The summed E-state index contributed by atoms with van der Waals surface area (Å²) >= 11 is 1.70. The fourth-order valence-corrected chi connectivity index (χ4v) is 4.65. The molecule has 0 aliphatic carbocycles. The minimum Gasteiger partial charge on any atom is -0.335 e. The second kappa shape index (κ2) is 9.71. The molecule has 158 valence electrons. The summed E-state index contributed by atoms with van der Waals surface area (Å²) in [7, 11) is 0. The van der Waals surface area contributed by atoms with Crippen LogP contribution in [0, 0.1) is 0 Å². The molecule has 1 aliphatic heterocycles. The highest BCUT2D eigenvalue weighted by Crippen LogP contribution is 2.26. The van der Waals surface area contributed by atoms with E-state index in [1.165, 1.54) is 4.88 Å². The molecular weight excluding hydrogens is 406 g/mol. The van der Waals surface area contributed by atoms with E-state index in [2.05, 4.69) is 47.3 Å². The summed E-state index contributed by atoms with van der Waals surface area (Å²) in [6.07, 6.45) is 5.87. The summed E-state index contributed by atoms with van der Waals surface area (Å²) in [4.78, 5) is 35.1. The maximum atomic E-state index is 13.2. The Hall–Kier alpha value is -3.25. The van der Waals surface area contributed by atoms with Gasteiger partial charge in [-0.2, -0.15) is 0 Å². The molecule has 5 nitrogen and oxygen atoms in total. The molecule has 2 amide bonds. The maximum absolute atomic E-state index is 13.2. The van der Waals surface area contributed by atoms with E-state index in [1.807, 2.05) is 18.2 Å². The lowest BCUT2D eigenvalue weighted by molar-refractivity contribution is -0.150. The molecule has 0 spiro atoms. The van der Waals surface area contributed by atoms with Crippen LogP contribution < -0.4 is 0 Å². The summed E-state index contributed by atoms with van der Waals surface area (Å²) in [5, 5.41) is 2.06. The molecule has 4 rings (SSSR count). The molecule has 2 aromatic heterocycles. The first-order chi connectivity index (χ1) is 15.2. The van der Waals surface area contributed by atoms with E-state index in [9.17, 15) is 9.59 Å². The number of amides is 2. The van der Waals surface area contributed by atoms with Gasteiger partial charge in [0.2, 0.25) is 11.8 Å². The fraction of sp³-hybridized carbons (Fsp3) is 0.240. The number of nitrogens with zero attached hydrogens (tertiary/aromatic N) is 3. The maximum Gasteiger partial charge on any atom is 0.246 e. The molecule has 31 heavy (non-hydrogen) atoms. The summed E-state index contributed by atoms with van der Waals surface area (Å²) in [5.41, 5.74) is 3.05. The van der Waals surface area contributed by atoms with Crippen LogP contribution in [0.4, 0.5) is 0 Å². The number of hydrogen-bond donors (Lipinski definition) is 0. The highest BCUT2D eigenvalue weighted by atomic mass is 32.1. The molecule has 1 atom stereocenters. The Labute approximate surface area is 186 Å². The van der Waals surface area contributed by atoms with Gasteiger partial charge in [0.05, 0.1) is 6.42 Å². The largest absolute Gasteiger partial charge is 0.335 e. The van der Waals surface area contributed by atoms with Crippen molar-refractivity contribution in [1.82, 2.24) is 14.8 Å². The lowest BCUT2D eigenvalue weighted by Crippen LogP contribution is -2.59. The SMILES string of the molecule is C=CCN1CCN(C(=O)Cc2cccnc2)C(Cc2ccc(-c3cccs3)cc2)C1=O. The monoisotopic (exact) mass is 431 g/mol. The van der Waals surface area contributed by atoms with E-state index >= 15 is 0 Å². The van der Waals surface area contributed by atoms with E-state index < -0.39 is 6.04 Å². The van der Waals surface area contributed by atoms with Gasteiger partial charge >= 0.3 is 0 Å². The zero-order valence-electron chi connectivity index (χ0n) is 17.3. The van der Waals surface area contributed by atoms with Gasteiger partial charge in [-0.1, -0.05) is 42.5 Å². The molecule has 3 aromatic rings. The quantitative estimate of drug-likeness (QED) is 0.535. The summed E-state index contributed by atoms with van der Waals surface area (Å²) in [6.45, 7) is 5.31. The van der Waals surface area contributed by atoms with Gasteiger partial charge < -0.3 is 9.80 Å². The number of carbonyl (C=O) groups is 2. The number of piperazine rings is 1. The number of carbonyl (C=O) groups excluding carboxylic acids is 2. The Morgan fingerprint density at radius 2 is 1.97 bits per heavy atom. The van der Waals surface area contributed by atoms with Crippen LogP contribution in [0.25, 0.3) is 10.4 Å². The van der Waals surface area contributed by atoms with E-state index in [1.54, 1.807) is 39.6 Å². The topological polar surface area (TPSA) is 53.5 Å². The van der Waals surface area contributed by atoms with Gasteiger partial charge in [0.15, 0.2) is 0 Å². The molecule has 1 saturated heterocycles. The van der Waals surface area contributed by atoms with E-state index in [4.69, 9.17) is 0 Å². The van der Waals surface area contributed by atoms with Gasteiger partial charge in [-0.3, -0.25) is 14.6 Å². The summed E-state index contributed by atoms with van der Waals surface area (Å²) < 4.78 is 0. The molecule has 0 radical (unpaired) electrons. The molecular formula is C25H25N3O2S. The lowest BCUT2D eigenvalue weighted by Gasteiger charge is -2.40. The lowest BCUT2D eigenvalue weighted by atomic mass is 9.99. The van der Waals surface area contributed by atoms with Crippen molar-refractivity contribution in [1.29, 1.82) is 0 Å². The smallest absolute Gasteiger partial charge is 0.246 e. The van der Waals surface area contributed by atoms with Crippen LogP contribution in [0.1, 0.15) is 11.1 Å². The molecule has 6 heteroatoms. The first kappa shape index (κ1) is 21.0. The zero-order chi connectivity index (χ0) is 21.6. The average molecular weight is 432 g/mol. The predicted octanol–water partition coefficient (Wildman–Crippen LogP) is 3.82.